The van der Waals surface area contributed by atoms with Crippen LogP contribution in [0.3, 0.4) is 0 Å². The maximum Gasteiger partial charge on any atom is 0.320 e. The Labute approximate surface area is 70.0 Å². The van der Waals surface area contributed by atoms with Crippen molar-refractivity contribution in [2.24, 2.45) is 5.73 Å². The van der Waals surface area contributed by atoms with Gasteiger partial charge in [-0.2, -0.15) is 0 Å². The van der Waals surface area contributed by atoms with Crippen LogP contribution in [0.2, 0.25) is 0 Å². The summed E-state index contributed by atoms with van der Waals surface area (Å²) >= 11 is 0. The molecule has 0 saturated carbocycles. The second kappa shape index (κ2) is 2.48. The second-order valence-electron chi connectivity index (χ2n) is 2.73. The number of nitrogens with two attached hydrogens (primary N) is 1. The standard InChI is InChI=1S/C8H9N3O/c9-8(12)11-5-3-6-2-1-4-10-7(6)11/h1-2,4H,3,5H2,(H2,9,12). The molecule has 4 heteroatoms. The van der Waals surface area contributed by atoms with Gasteiger partial charge in [0.2, 0.25) is 0 Å². The van der Waals surface area contributed by atoms with Gasteiger partial charge in [-0.15, -0.1) is 0 Å². The SMILES string of the molecule is NC(=O)N1CCc2cccnc21. The topological polar surface area (TPSA) is 59.2 Å². The number of carbonyl (C=O) groups excluding carboxylic acids is 1. The number of aromatic nitrogens is 1. The summed E-state index contributed by atoms with van der Waals surface area (Å²) in [4.78, 5) is 16.5. The molecule has 0 spiro atoms. The molecule has 1 aliphatic heterocycles. The van der Waals surface area contributed by atoms with Crippen molar-refractivity contribution >= 4 is 11.8 Å². The summed E-state index contributed by atoms with van der Waals surface area (Å²) in [5.74, 6) is 0.713. The number of anilines is 1. The van der Waals surface area contributed by atoms with Gasteiger partial charge in [-0.1, -0.05) is 6.07 Å². The molecule has 0 radical (unpaired) electrons. The Morgan fingerprint density at radius 3 is 3.25 bits per heavy atom. The minimum atomic E-state index is -0.424. The maximum atomic E-state index is 10.9. The number of hydrogen-bond acceptors (Lipinski definition) is 2. The highest BCUT2D eigenvalue weighted by atomic mass is 16.2. The molecule has 62 valence electrons. The van der Waals surface area contributed by atoms with Crippen LogP contribution >= 0.6 is 0 Å². The number of fused-ring (bicyclic) bond motifs is 1. The highest BCUT2D eigenvalue weighted by Gasteiger charge is 2.23. The summed E-state index contributed by atoms with van der Waals surface area (Å²) in [6.45, 7) is 0.654. The van der Waals surface area contributed by atoms with Crippen molar-refractivity contribution in [1.29, 1.82) is 0 Å². The number of amides is 2. The summed E-state index contributed by atoms with van der Waals surface area (Å²) in [6.07, 6.45) is 2.52. The van der Waals surface area contributed by atoms with Crippen molar-refractivity contribution in [1.82, 2.24) is 4.98 Å². The third-order valence-electron chi connectivity index (χ3n) is 1.99. The van der Waals surface area contributed by atoms with E-state index in [9.17, 15) is 4.79 Å². The lowest BCUT2D eigenvalue weighted by Gasteiger charge is -2.11. The maximum absolute atomic E-state index is 10.9. The first-order chi connectivity index (χ1) is 5.79. The predicted octanol–water partition coefficient (Wildman–Crippen LogP) is 0.523. The third-order valence-corrected chi connectivity index (χ3v) is 1.99. The number of hydrogen-bond donors (Lipinski definition) is 1. The molecule has 12 heavy (non-hydrogen) atoms. The summed E-state index contributed by atoms with van der Waals surface area (Å²) in [6, 6.07) is 3.40. The van der Waals surface area contributed by atoms with Gasteiger partial charge in [0, 0.05) is 12.7 Å². The summed E-state index contributed by atoms with van der Waals surface area (Å²) in [5, 5.41) is 0. The van der Waals surface area contributed by atoms with E-state index in [4.69, 9.17) is 5.73 Å². The number of primary amides is 1. The monoisotopic (exact) mass is 163 g/mol. The molecule has 0 atom stereocenters. The molecule has 1 aromatic rings. The first kappa shape index (κ1) is 7.09. The largest absolute Gasteiger partial charge is 0.351 e. The van der Waals surface area contributed by atoms with E-state index in [1.165, 1.54) is 4.90 Å². The number of urea groups is 1. The Kier molecular flexibility index (Phi) is 1.46. The van der Waals surface area contributed by atoms with Crippen molar-refractivity contribution in [3.8, 4) is 0 Å². The Morgan fingerprint density at radius 1 is 1.67 bits per heavy atom. The number of carbonyl (C=O) groups is 1. The molecule has 2 amide bonds. The summed E-state index contributed by atoms with van der Waals surface area (Å²) in [5.41, 5.74) is 6.25. The molecular weight excluding hydrogens is 154 g/mol. The van der Waals surface area contributed by atoms with Crippen LogP contribution in [0, 0.1) is 0 Å². The molecule has 0 aromatic carbocycles. The van der Waals surface area contributed by atoms with Crippen molar-refractivity contribution in [3.05, 3.63) is 23.9 Å². The zero-order valence-electron chi connectivity index (χ0n) is 6.53. The van der Waals surface area contributed by atoms with Gasteiger partial charge in [0.25, 0.3) is 0 Å². The van der Waals surface area contributed by atoms with Crippen LogP contribution in [0.25, 0.3) is 0 Å². The van der Waals surface area contributed by atoms with Gasteiger partial charge in [0.1, 0.15) is 5.82 Å². The molecule has 0 aliphatic carbocycles. The highest BCUT2D eigenvalue weighted by molar-refractivity contribution is 5.91. The normalized spacial score (nSPS) is 14.5. The van der Waals surface area contributed by atoms with Gasteiger partial charge in [-0.3, -0.25) is 4.90 Å². The van der Waals surface area contributed by atoms with E-state index in [1.54, 1.807) is 6.20 Å². The van der Waals surface area contributed by atoms with Crippen molar-refractivity contribution in [2.75, 3.05) is 11.4 Å². The van der Waals surface area contributed by atoms with Gasteiger partial charge in [-0.25, -0.2) is 9.78 Å². The smallest absolute Gasteiger partial charge is 0.320 e. The molecular formula is C8H9N3O. The third kappa shape index (κ3) is 0.922. The molecule has 0 unspecified atom stereocenters. The Morgan fingerprint density at radius 2 is 2.50 bits per heavy atom. The van der Waals surface area contributed by atoms with Crippen molar-refractivity contribution in [3.63, 3.8) is 0 Å². The minimum absolute atomic E-state index is 0.424. The predicted molar refractivity (Wildman–Crippen MR) is 44.9 cm³/mol. The zero-order valence-corrected chi connectivity index (χ0v) is 6.53. The summed E-state index contributed by atoms with van der Waals surface area (Å²) in [7, 11) is 0. The average molecular weight is 163 g/mol. The fourth-order valence-corrected chi connectivity index (χ4v) is 1.42. The zero-order chi connectivity index (χ0) is 8.55. The Hall–Kier alpha value is -1.58. The van der Waals surface area contributed by atoms with Gasteiger partial charge in [-0.05, 0) is 18.1 Å². The van der Waals surface area contributed by atoms with E-state index in [1.807, 2.05) is 12.1 Å². The Balaban J connectivity index is 2.42. The molecule has 2 N–H and O–H groups in total. The molecule has 2 heterocycles. The lowest BCUT2D eigenvalue weighted by atomic mass is 10.2. The van der Waals surface area contributed by atoms with E-state index >= 15 is 0 Å². The Bertz CT molecular complexity index is 324. The molecule has 0 bridgehead atoms. The van der Waals surface area contributed by atoms with Gasteiger partial charge in [0.05, 0.1) is 0 Å². The minimum Gasteiger partial charge on any atom is -0.351 e. The molecule has 1 aliphatic rings. The van der Waals surface area contributed by atoms with Crippen LogP contribution in [0.5, 0.6) is 0 Å². The quantitative estimate of drug-likeness (QED) is 0.606. The van der Waals surface area contributed by atoms with Gasteiger partial charge >= 0.3 is 6.03 Å². The van der Waals surface area contributed by atoms with Crippen molar-refractivity contribution in [2.45, 2.75) is 6.42 Å². The van der Waals surface area contributed by atoms with Gasteiger partial charge in [0.15, 0.2) is 0 Å². The van der Waals surface area contributed by atoms with E-state index in [2.05, 4.69) is 4.98 Å². The lowest BCUT2D eigenvalue weighted by molar-refractivity contribution is 0.254. The molecule has 0 fully saturated rings. The number of nitrogens with zero attached hydrogens (tertiary/aromatic N) is 2. The van der Waals surface area contributed by atoms with Crippen LogP contribution < -0.4 is 10.6 Å². The summed E-state index contributed by atoms with van der Waals surface area (Å²) < 4.78 is 0. The second-order valence-corrected chi connectivity index (χ2v) is 2.73. The van der Waals surface area contributed by atoms with Gasteiger partial charge < -0.3 is 5.73 Å². The van der Waals surface area contributed by atoms with Crippen LogP contribution in [0.15, 0.2) is 18.3 Å². The number of pyridine rings is 1. The first-order valence-corrected chi connectivity index (χ1v) is 3.80. The lowest BCUT2D eigenvalue weighted by Crippen LogP contribution is -2.34. The fraction of sp³-hybridized carbons (Fsp3) is 0.250. The molecule has 4 nitrogen and oxygen atoms in total. The fourth-order valence-electron chi connectivity index (χ4n) is 1.42. The average Bonchev–Trinajstić information content (AvgIpc) is 2.47. The van der Waals surface area contributed by atoms with Crippen LogP contribution in [-0.2, 0) is 6.42 Å². The van der Waals surface area contributed by atoms with E-state index in [0.717, 1.165) is 12.0 Å². The van der Waals surface area contributed by atoms with Crippen LogP contribution in [-0.4, -0.2) is 17.6 Å². The molecule has 2 rings (SSSR count). The van der Waals surface area contributed by atoms with E-state index in [-0.39, 0.29) is 0 Å². The molecule has 0 saturated heterocycles. The van der Waals surface area contributed by atoms with Crippen LogP contribution in [0.4, 0.5) is 10.6 Å². The first-order valence-electron chi connectivity index (χ1n) is 3.80. The van der Waals surface area contributed by atoms with E-state index < -0.39 is 6.03 Å². The van der Waals surface area contributed by atoms with E-state index in [0.29, 0.717) is 12.4 Å². The molecule has 1 aromatic heterocycles. The highest BCUT2D eigenvalue weighted by Crippen LogP contribution is 2.23. The van der Waals surface area contributed by atoms with Crippen LogP contribution in [0.1, 0.15) is 5.56 Å². The number of rotatable bonds is 0. The van der Waals surface area contributed by atoms with Crippen molar-refractivity contribution < 1.29 is 4.79 Å².